The third-order valence-electron chi connectivity index (χ3n) is 5.46. The number of Topliss-reactive ketones (excluding diaryl/α,β-unsaturated/α-hetero) is 1. The van der Waals surface area contributed by atoms with E-state index in [2.05, 4.69) is 4.98 Å². The zero-order valence-corrected chi connectivity index (χ0v) is 20.5. The summed E-state index contributed by atoms with van der Waals surface area (Å²) in [5, 5.41) is 0.713. The molecule has 0 aliphatic heterocycles. The molecule has 2 aromatic carbocycles. The van der Waals surface area contributed by atoms with Gasteiger partial charge in [0.25, 0.3) is 0 Å². The largest absolute Gasteiger partial charge is 0.494 e. The number of nitrogens with one attached hydrogen (secondary N) is 1. The van der Waals surface area contributed by atoms with E-state index in [1.807, 2.05) is 60.0 Å². The van der Waals surface area contributed by atoms with Gasteiger partial charge in [-0.25, -0.2) is 9.78 Å². The molecule has 0 unspecified atom stereocenters. The molecule has 1 N–H and O–H groups in total. The van der Waals surface area contributed by atoms with Crippen LogP contribution in [-0.4, -0.2) is 45.3 Å². The van der Waals surface area contributed by atoms with Crippen LogP contribution >= 0.6 is 11.8 Å². The number of hydrogen-bond acceptors (Lipinski definition) is 6. The maximum Gasteiger partial charge on any atom is 0.340 e. The number of nitrogens with zero attached hydrogens (tertiary/aromatic N) is 2. The van der Waals surface area contributed by atoms with Crippen LogP contribution in [0.2, 0.25) is 0 Å². The summed E-state index contributed by atoms with van der Waals surface area (Å²) in [5.74, 6) is 0.447. The summed E-state index contributed by atoms with van der Waals surface area (Å²) in [6.45, 7) is 8.13. The van der Waals surface area contributed by atoms with Crippen molar-refractivity contribution >= 4 is 34.5 Å². The highest BCUT2D eigenvalue weighted by molar-refractivity contribution is 7.99. The second kappa shape index (κ2) is 10.2. The number of para-hydroxylation sites is 2. The number of hydrogen-bond donors (Lipinski definition) is 1. The highest BCUT2D eigenvalue weighted by atomic mass is 32.2. The number of H-pyrrole nitrogens is 1. The van der Waals surface area contributed by atoms with E-state index in [4.69, 9.17) is 14.5 Å². The summed E-state index contributed by atoms with van der Waals surface area (Å²) in [7, 11) is 0. The fourth-order valence-electron chi connectivity index (χ4n) is 3.95. The average molecular weight is 478 g/mol. The molecule has 7 nitrogen and oxygen atoms in total. The summed E-state index contributed by atoms with van der Waals surface area (Å²) in [4.78, 5) is 33.2. The summed E-state index contributed by atoms with van der Waals surface area (Å²) < 4.78 is 12.7. The third kappa shape index (κ3) is 4.59. The number of aryl methyl sites for hydroxylation is 1. The molecule has 4 rings (SSSR count). The molecular weight excluding hydrogens is 450 g/mol. The molecule has 4 aromatic rings. The van der Waals surface area contributed by atoms with Crippen molar-refractivity contribution in [1.29, 1.82) is 0 Å². The van der Waals surface area contributed by atoms with Crippen molar-refractivity contribution in [2.45, 2.75) is 32.9 Å². The van der Waals surface area contributed by atoms with Gasteiger partial charge in [-0.05, 0) is 69.7 Å². The predicted octanol–water partition coefficient (Wildman–Crippen LogP) is 5.52. The van der Waals surface area contributed by atoms with Crippen LogP contribution in [0.15, 0.2) is 53.7 Å². The number of esters is 1. The first-order chi connectivity index (χ1) is 16.4. The van der Waals surface area contributed by atoms with Gasteiger partial charge < -0.3 is 14.5 Å². The Kier molecular flexibility index (Phi) is 7.07. The van der Waals surface area contributed by atoms with Crippen LogP contribution in [0.25, 0.3) is 16.7 Å². The smallest absolute Gasteiger partial charge is 0.340 e. The van der Waals surface area contributed by atoms with Gasteiger partial charge in [-0.1, -0.05) is 23.9 Å². The van der Waals surface area contributed by atoms with Crippen molar-refractivity contribution < 1.29 is 19.1 Å². The van der Waals surface area contributed by atoms with Gasteiger partial charge in [0.2, 0.25) is 0 Å². The molecule has 0 aliphatic carbocycles. The molecule has 34 heavy (non-hydrogen) atoms. The summed E-state index contributed by atoms with van der Waals surface area (Å²) in [6, 6.07) is 15.7. The van der Waals surface area contributed by atoms with E-state index in [0.717, 1.165) is 22.5 Å². The Morgan fingerprint density at radius 3 is 2.47 bits per heavy atom. The Balaban J connectivity index is 1.62. The molecule has 0 aliphatic rings. The Morgan fingerprint density at radius 2 is 1.76 bits per heavy atom. The lowest BCUT2D eigenvalue weighted by atomic mass is 10.1. The maximum atomic E-state index is 13.1. The molecule has 2 aromatic heterocycles. The van der Waals surface area contributed by atoms with Crippen LogP contribution in [0.4, 0.5) is 0 Å². The van der Waals surface area contributed by atoms with Gasteiger partial charge in [0.15, 0.2) is 10.9 Å². The molecule has 176 valence electrons. The quantitative estimate of drug-likeness (QED) is 0.194. The van der Waals surface area contributed by atoms with Gasteiger partial charge in [0.1, 0.15) is 5.75 Å². The first-order valence-electron chi connectivity index (χ1n) is 11.2. The first-order valence-corrected chi connectivity index (χ1v) is 12.2. The van der Waals surface area contributed by atoms with Gasteiger partial charge in [-0.15, -0.1) is 0 Å². The summed E-state index contributed by atoms with van der Waals surface area (Å²) in [6.07, 6.45) is 0. The minimum Gasteiger partial charge on any atom is -0.494 e. The van der Waals surface area contributed by atoms with E-state index in [9.17, 15) is 9.59 Å². The number of rotatable bonds is 9. The summed E-state index contributed by atoms with van der Waals surface area (Å²) >= 11 is 1.36. The number of aromatic amines is 1. The van der Waals surface area contributed by atoms with Crippen LogP contribution in [0.5, 0.6) is 5.75 Å². The lowest BCUT2D eigenvalue weighted by Crippen LogP contribution is -2.09. The molecule has 0 saturated heterocycles. The molecule has 0 saturated carbocycles. The van der Waals surface area contributed by atoms with Crippen LogP contribution in [-0.2, 0) is 4.74 Å². The number of ether oxygens (including phenoxy) is 2. The minimum absolute atomic E-state index is 0.105. The number of imidazole rings is 1. The van der Waals surface area contributed by atoms with Crippen molar-refractivity contribution in [2.75, 3.05) is 19.0 Å². The van der Waals surface area contributed by atoms with Gasteiger partial charge in [0.05, 0.1) is 41.3 Å². The number of carbonyl (C=O) groups is 2. The average Bonchev–Trinajstić information content (AvgIpc) is 3.35. The second-order valence-corrected chi connectivity index (χ2v) is 8.65. The standard InChI is InChI=1S/C26H27N3O4S/c1-5-32-19-13-11-18(12-14-19)29-21-10-8-7-9-20(21)28-26(29)34-15-22(30)24-16(3)23(17(4)27-24)25(31)33-6-2/h7-14,27H,5-6,15H2,1-4H3. The van der Waals surface area contributed by atoms with Gasteiger partial charge in [0, 0.05) is 11.4 Å². The number of carbonyl (C=O) groups excluding carboxylic acids is 2. The van der Waals surface area contributed by atoms with E-state index in [-0.39, 0.29) is 18.1 Å². The van der Waals surface area contributed by atoms with Gasteiger partial charge in [-0.3, -0.25) is 9.36 Å². The number of thioether (sulfide) groups is 1. The molecule has 0 spiro atoms. The Labute approximate surface area is 202 Å². The highest BCUT2D eigenvalue weighted by Gasteiger charge is 2.23. The van der Waals surface area contributed by atoms with E-state index < -0.39 is 5.97 Å². The maximum absolute atomic E-state index is 13.1. The molecule has 0 radical (unpaired) electrons. The molecular formula is C26H27N3O4S. The Bertz CT molecular complexity index is 1340. The molecule has 0 amide bonds. The number of fused-ring (bicyclic) bond motifs is 1. The van der Waals surface area contributed by atoms with Crippen molar-refractivity contribution in [3.8, 4) is 11.4 Å². The second-order valence-electron chi connectivity index (χ2n) is 7.70. The molecule has 0 atom stereocenters. The van der Waals surface area contributed by atoms with Crippen LogP contribution in [0, 0.1) is 13.8 Å². The molecule has 8 heteroatoms. The van der Waals surface area contributed by atoms with E-state index >= 15 is 0 Å². The lowest BCUT2D eigenvalue weighted by Gasteiger charge is -2.10. The SMILES string of the molecule is CCOC(=O)c1c(C)[nH]c(C(=O)CSc2nc3ccccc3n2-c2ccc(OCC)cc2)c1C. The molecule has 0 bridgehead atoms. The number of ketones is 1. The van der Waals surface area contributed by atoms with Crippen LogP contribution in [0.3, 0.4) is 0 Å². The molecule has 0 fully saturated rings. The molecule has 2 heterocycles. The van der Waals surface area contributed by atoms with Gasteiger partial charge >= 0.3 is 5.97 Å². The zero-order chi connectivity index (χ0) is 24.2. The highest BCUT2D eigenvalue weighted by Crippen LogP contribution is 2.30. The van der Waals surface area contributed by atoms with Crippen molar-refractivity contribution in [1.82, 2.24) is 14.5 Å². The number of aromatic nitrogens is 3. The van der Waals surface area contributed by atoms with E-state index in [1.165, 1.54) is 11.8 Å². The Hall–Kier alpha value is -3.52. The minimum atomic E-state index is -0.419. The van der Waals surface area contributed by atoms with E-state index in [0.29, 0.717) is 34.3 Å². The Morgan fingerprint density at radius 1 is 1.03 bits per heavy atom. The van der Waals surface area contributed by atoms with E-state index in [1.54, 1.807) is 20.8 Å². The van der Waals surface area contributed by atoms with Crippen molar-refractivity contribution in [2.24, 2.45) is 0 Å². The zero-order valence-electron chi connectivity index (χ0n) is 19.7. The predicted molar refractivity (Wildman–Crippen MR) is 134 cm³/mol. The van der Waals surface area contributed by atoms with Crippen LogP contribution < -0.4 is 4.74 Å². The van der Waals surface area contributed by atoms with Crippen LogP contribution in [0.1, 0.15) is 46.0 Å². The normalized spacial score (nSPS) is 11.1. The van der Waals surface area contributed by atoms with Gasteiger partial charge in [-0.2, -0.15) is 0 Å². The first kappa shape index (κ1) is 23.6. The summed E-state index contributed by atoms with van der Waals surface area (Å²) in [5.41, 5.74) is 4.84. The van der Waals surface area contributed by atoms with Crippen molar-refractivity contribution in [3.05, 3.63) is 71.0 Å². The van der Waals surface area contributed by atoms with Crippen molar-refractivity contribution in [3.63, 3.8) is 0 Å². The fraction of sp³-hybridized carbons (Fsp3) is 0.269. The fourth-order valence-corrected chi connectivity index (χ4v) is 4.85. The lowest BCUT2D eigenvalue weighted by molar-refractivity contribution is 0.0525. The third-order valence-corrected chi connectivity index (χ3v) is 6.40. The monoisotopic (exact) mass is 477 g/mol. The number of benzene rings is 2. The topological polar surface area (TPSA) is 86.2 Å².